The Morgan fingerprint density at radius 3 is 2.60 bits per heavy atom. The molecule has 0 saturated carbocycles. The molecule has 1 amide bonds. The van der Waals surface area contributed by atoms with Crippen molar-refractivity contribution in [1.29, 1.82) is 0 Å². The second-order valence-electron chi connectivity index (χ2n) is 3.54. The topological polar surface area (TPSA) is 52.6 Å². The van der Waals surface area contributed by atoms with Crippen LogP contribution in [0.15, 0.2) is 11.8 Å². The number of carbonyl (C=O) groups is 1. The molecule has 0 fully saturated rings. The Morgan fingerprint density at radius 1 is 1.47 bits per heavy atom. The lowest BCUT2D eigenvalue weighted by molar-refractivity contribution is -0.122. The maximum absolute atomic E-state index is 11.5. The fourth-order valence-electron chi connectivity index (χ4n) is 1.34. The van der Waals surface area contributed by atoms with E-state index < -0.39 is 0 Å². The zero-order valence-corrected chi connectivity index (χ0v) is 9.92. The van der Waals surface area contributed by atoms with Gasteiger partial charge in [-0.25, -0.2) is 0 Å². The maximum Gasteiger partial charge on any atom is 0.238 e. The van der Waals surface area contributed by atoms with Gasteiger partial charge in [0.25, 0.3) is 0 Å². The van der Waals surface area contributed by atoms with E-state index >= 15 is 0 Å². The highest BCUT2D eigenvalue weighted by Gasteiger charge is 2.08. The average Bonchev–Trinajstić information content (AvgIpc) is 2.17. The summed E-state index contributed by atoms with van der Waals surface area (Å²) >= 11 is 0. The van der Waals surface area contributed by atoms with Crippen molar-refractivity contribution in [3.05, 3.63) is 11.8 Å². The van der Waals surface area contributed by atoms with E-state index in [1.807, 2.05) is 26.8 Å². The first-order valence-electron chi connectivity index (χ1n) is 5.43. The van der Waals surface area contributed by atoms with Gasteiger partial charge in [-0.15, -0.1) is 0 Å². The molecule has 15 heavy (non-hydrogen) atoms. The minimum Gasteiger partial charge on any atom is -0.381 e. The second kappa shape index (κ2) is 8.44. The monoisotopic (exact) mass is 214 g/mol. The van der Waals surface area contributed by atoms with E-state index in [0.717, 1.165) is 25.1 Å². The summed E-state index contributed by atoms with van der Waals surface area (Å²) in [5.41, 5.74) is 0.872. The van der Waals surface area contributed by atoms with E-state index in [4.69, 9.17) is 5.11 Å². The Morgan fingerprint density at radius 2 is 2.13 bits per heavy atom. The third kappa shape index (κ3) is 7.11. The van der Waals surface area contributed by atoms with Crippen LogP contribution in [-0.2, 0) is 4.79 Å². The zero-order valence-electron chi connectivity index (χ0n) is 9.92. The average molecular weight is 214 g/mol. The van der Waals surface area contributed by atoms with Crippen molar-refractivity contribution >= 4 is 5.91 Å². The van der Waals surface area contributed by atoms with E-state index in [1.54, 1.807) is 4.90 Å². The third-order valence-electron chi connectivity index (χ3n) is 1.95. The van der Waals surface area contributed by atoms with Crippen LogP contribution in [0.2, 0.25) is 0 Å². The molecule has 0 aliphatic rings. The van der Waals surface area contributed by atoms with Gasteiger partial charge in [-0.2, -0.15) is 0 Å². The van der Waals surface area contributed by atoms with Gasteiger partial charge in [0.1, 0.15) is 0 Å². The summed E-state index contributed by atoms with van der Waals surface area (Å²) in [6.45, 7) is 6.82. The van der Waals surface area contributed by atoms with Crippen molar-refractivity contribution in [3.63, 3.8) is 0 Å². The summed E-state index contributed by atoms with van der Waals surface area (Å²) in [6.07, 6.45) is 3.80. The van der Waals surface area contributed by atoms with E-state index in [0.29, 0.717) is 0 Å². The lowest BCUT2D eigenvalue weighted by Gasteiger charge is -2.17. The minimum atomic E-state index is -0.0716. The fraction of sp³-hybridized carbons (Fsp3) is 0.727. The number of hydrogen-bond acceptors (Lipinski definition) is 3. The summed E-state index contributed by atoms with van der Waals surface area (Å²) in [6, 6.07) is 0. The van der Waals surface area contributed by atoms with Gasteiger partial charge in [-0.3, -0.25) is 9.69 Å². The van der Waals surface area contributed by atoms with Gasteiger partial charge in [0, 0.05) is 12.2 Å². The van der Waals surface area contributed by atoms with Crippen LogP contribution in [0, 0.1) is 0 Å². The molecule has 0 bridgehead atoms. The highest BCUT2D eigenvalue weighted by atomic mass is 16.3. The molecular weight excluding hydrogens is 192 g/mol. The Kier molecular flexibility index (Phi) is 7.95. The van der Waals surface area contributed by atoms with Gasteiger partial charge >= 0.3 is 0 Å². The SMILES string of the molecule is CC/C=C(\C)NC(=O)CN(CO)CCC. The number of aliphatic hydroxyl groups is 1. The predicted octanol–water partition coefficient (Wildman–Crippen LogP) is 1.08. The van der Waals surface area contributed by atoms with Gasteiger partial charge < -0.3 is 10.4 Å². The number of allylic oxidation sites excluding steroid dienone is 2. The summed E-state index contributed by atoms with van der Waals surface area (Å²) in [7, 11) is 0. The summed E-state index contributed by atoms with van der Waals surface area (Å²) < 4.78 is 0. The zero-order chi connectivity index (χ0) is 11.7. The Hall–Kier alpha value is -0.870. The van der Waals surface area contributed by atoms with E-state index in [9.17, 15) is 4.79 Å². The first-order valence-corrected chi connectivity index (χ1v) is 5.43. The maximum atomic E-state index is 11.5. The molecule has 0 aliphatic carbocycles. The molecule has 0 atom stereocenters. The summed E-state index contributed by atoms with van der Waals surface area (Å²) in [4.78, 5) is 13.2. The highest BCUT2D eigenvalue weighted by Crippen LogP contribution is 1.93. The molecule has 0 saturated heterocycles. The van der Waals surface area contributed by atoms with Crippen molar-refractivity contribution in [2.24, 2.45) is 0 Å². The second-order valence-corrected chi connectivity index (χ2v) is 3.54. The number of nitrogens with zero attached hydrogens (tertiary/aromatic N) is 1. The molecule has 0 spiro atoms. The van der Waals surface area contributed by atoms with Crippen LogP contribution >= 0.6 is 0 Å². The quantitative estimate of drug-likeness (QED) is 0.623. The standard InChI is InChI=1S/C11H22N2O2/c1-4-6-10(3)12-11(15)8-13(9-14)7-5-2/h6,14H,4-5,7-9H2,1-3H3,(H,12,15)/b10-6+. The number of carbonyl (C=O) groups excluding carboxylic acids is 1. The fourth-order valence-corrected chi connectivity index (χ4v) is 1.34. The van der Waals surface area contributed by atoms with Gasteiger partial charge in [0.05, 0.1) is 13.3 Å². The smallest absolute Gasteiger partial charge is 0.238 e. The first kappa shape index (κ1) is 14.1. The molecule has 0 aromatic carbocycles. The van der Waals surface area contributed by atoms with Gasteiger partial charge in [-0.05, 0) is 19.8 Å². The molecule has 0 unspecified atom stereocenters. The molecule has 2 N–H and O–H groups in total. The number of hydrogen-bond donors (Lipinski definition) is 2. The van der Waals surface area contributed by atoms with Crippen molar-refractivity contribution in [3.8, 4) is 0 Å². The van der Waals surface area contributed by atoms with Crippen LogP contribution in [0.1, 0.15) is 33.6 Å². The molecule has 0 radical (unpaired) electrons. The Labute approximate surface area is 92.0 Å². The number of aliphatic hydroxyl groups excluding tert-OH is 1. The Balaban J connectivity index is 3.95. The van der Waals surface area contributed by atoms with Crippen LogP contribution < -0.4 is 5.32 Å². The lowest BCUT2D eigenvalue weighted by Crippen LogP contribution is -2.37. The molecule has 0 rings (SSSR count). The number of amides is 1. The normalized spacial score (nSPS) is 11.9. The molecule has 0 aliphatic heterocycles. The highest BCUT2D eigenvalue weighted by molar-refractivity contribution is 5.79. The van der Waals surface area contributed by atoms with Crippen LogP contribution in [0.5, 0.6) is 0 Å². The predicted molar refractivity (Wildman–Crippen MR) is 61.1 cm³/mol. The molecule has 0 heterocycles. The van der Waals surface area contributed by atoms with Crippen LogP contribution in [-0.4, -0.2) is 35.7 Å². The van der Waals surface area contributed by atoms with Crippen LogP contribution in [0.3, 0.4) is 0 Å². The summed E-state index contributed by atoms with van der Waals surface area (Å²) in [5.74, 6) is -0.0697. The summed E-state index contributed by atoms with van der Waals surface area (Å²) in [5, 5.41) is 11.7. The minimum absolute atomic E-state index is 0.0697. The number of rotatable bonds is 7. The molecule has 0 aromatic heterocycles. The van der Waals surface area contributed by atoms with Crippen LogP contribution in [0.4, 0.5) is 0 Å². The lowest BCUT2D eigenvalue weighted by atomic mass is 10.3. The van der Waals surface area contributed by atoms with E-state index in [1.165, 1.54) is 0 Å². The van der Waals surface area contributed by atoms with E-state index in [-0.39, 0.29) is 19.2 Å². The molecule has 4 nitrogen and oxygen atoms in total. The Bertz CT molecular complexity index is 215. The van der Waals surface area contributed by atoms with E-state index in [2.05, 4.69) is 5.32 Å². The molecule has 4 heteroatoms. The third-order valence-corrected chi connectivity index (χ3v) is 1.95. The largest absolute Gasteiger partial charge is 0.381 e. The number of nitrogens with one attached hydrogen (secondary N) is 1. The van der Waals surface area contributed by atoms with Crippen molar-refractivity contribution in [2.45, 2.75) is 33.6 Å². The van der Waals surface area contributed by atoms with Gasteiger partial charge in [0.15, 0.2) is 0 Å². The molecule has 88 valence electrons. The van der Waals surface area contributed by atoms with Gasteiger partial charge in [0.2, 0.25) is 5.91 Å². The molecular formula is C11H22N2O2. The molecule has 0 aromatic rings. The van der Waals surface area contributed by atoms with Gasteiger partial charge in [-0.1, -0.05) is 19.9 Å². The van der Waals surface area contributed by atoms with Crippen molar-refractivity contribution in [1.82, 2.24) is 10.2 Å². The first-order chi connectivity index (χ1) is 7.13. The van der Waals surface area contributed by atoms with Crippen molar-refractivity contribution in [2.75, 3.05) is 19.8 Å². The van der Waals surface area contributed by atoms with Crippen molar-refractivity contribution < 1.29 is 9.90 Å². The van der Waals surface area contributed by atoms with Crippen LogP contribution in [0.25, 0.3) is 0 Å².